The third-order valence-corrected chi connectivity index (χ3v) is 5.90. The molecule has 6 nitrogen and oxygen atoms in total. The van der Waals surface area contributed by atoms with Gasteiger partial charge in [0.15, 0.2) is 0 Å². The Morgan fingerprint density at radius 2 is 2.03 bits per heavy atom. The van der Waals surface area contributed by atoms with E-state index in [4.69, 9.17) is 0 Å². The molecule has 2 unspecified atom stereocenters. The maximum absolute atomic E-state index is 13.2. The zero-order valence-corrected chi connectivity index (χ0v) is 16.6. The highest BCUT2D eigenvalue weighted by molar-refractivity contribution is 5.94. The van der Waals surface area contributed by atoms with Crippen LogP contribution in [0.3, 0.4) is 0 Å². The predicted molar refractivity (Wildman–Crippen MR) is 112 cm³/mol. The Balaban J connectivity index is 1.32. The summed E-state index contributed by atoms with van der Waals surface area (Å²) in [6.07, 6.45) is 8.50. The molecule has 4 heterocycles. The summed E-state index contributed by atoms with van der Waals surface area (Å²) in [6, 6.07) is 10.1. The van der Waals surface area contributed by atoms with Crippen molar-refractivity contribution >= 4 is 16.9 Å². The number of hydrogen-bond donors (Lipinski definition) is 1. The molecule has 1 aliphatic rings. The summed E-state index contributed by atoms with van der Waals surface area (Å²) >= 11 is 0. The van der Waals surface area contributed by atoms with Crippen LogP contribution in [-0.4, -0.2) is 43.1 Å². The second kappa shape index (κ2) is 7.40. The van der Waals surface area contributed by atoms with Crippen LogP contribution in [0, 0.1) is 11.7 Å². The van der Waals surface area contributed by atoms with E-state index in [1.165, 1.54) is 12.1 Å². The molecule has 0 saturated carbocycles. The van der Waals surface area contributed by atoms with Gasteiger partial charge in [0.05, 0.1) is 6.20 Å². The highest BCUT2D eigenvalue weighted by atomic mass is 19.1. The van der Waals surface area contributed by atoms with Crippen LogP contribution in [0.1, 0.15) is 23.7 Å². The molecule has 4 aromatic rings. The fraction of sp³-hybridized carbons (Fsp3) is 0.261. The largest absolute Gasteiger partial charge is 0.336 e. The van der Waals surface area contributed by atoms with Crippen molar-refractivity contribution in [2.45, 2.75) is 25.9 Å². The number of halogens is 1. The summed E-state index contributed by atoms with van der Waals surface area (Å²) in [6.45, 7) is 3.56. The lowest BCUT2D eigenvalue weighted by molar-refractivity contribution is 0.0742. The van der Waals surface area contributed by atoms with Crippen LogP contribution < -0.4 is 0 Å². The summed E-state index contributed by atoms with van der Waals surface area (Å²) < 4.78 is 15.3. The predicted octanol–water partition coefficient (Wildman–Crippen LogP) is 4.12. The molecular weight excluding hydrogens is 381 g/mol. The Labute approximate surface area is 173 Å². The van der Waals surface area contributed by atoms with E-state index >= 15 is 0 Å². The Morgan fingerprint density at radius 1 is 1.20 bits per heavy atom. The fourth-order valence-electron chi connectivity index (χ4n) is 4.39. The molecule has 0 spiro atoms. The van der Waals surface area contributed by atoms with Crippen LogP contribution in [-0.2, 0) is 6.54 Å². The third kappa shape index (κ3) is 3.36. The summed E-state index contributed by atoms with van der Waals surface area (Å²) in [4.78, 5) is 19.4. The van der Waals surface area contributed by atoms with E-state index in [1.807, 2.05) is 17.3 Å². The van der Waals surface area contributed by atoms with Gasteiger partial charge in [-0.3, -0.25) is 9.89 Å². The first-order valence-corrected chi connectivity index (χ1v) is 10.1. The molecule has 1 amide bonds. The first-order valence-electron chi connectivity index (χ1n) is 10.1. The first kappa shape index (κ1) is 18.5. The lowest BCUT2D eigenvalue weighted by Gasteiger charge is -2.21. The normalized spacial score (nSPS) is 18.9. The maximum Gasteiger partial charge on any atom is 0.254 e. The number of nitrogens with zero attached hydrogens (tertiary/aromatic N) is 4. The molecule has 2 atom stereocenters. The number of H-pyrrole nitrogens is 1. The summed E-state index contributed by atoms with van der Waals surface area (Å²) in [5, 5.41) is 7.91. The van der Waals surface area contributed by atoms with Crippen LogP contribution in [0.2, 0.25) is 0 Å². The van der Waals surface area contributed by atoms with Crippen LogP contribution in [0.15, 0.2) is 61.2 Å². The van der Waals surface area contributed by atoms with E-state index in [1.54, 1.807) is 18.3 Å². The van der Waals surface area contributed by atoms with Crippen LogP contribution in [0.5, 0.6) is 0 Å². The third-order valence-electron chi connectivity index (χ3n) is 5.90. The van der Waals surface area contributed by atoms with Gasteiger partial charge < -0.3 is 9.47 Å². The van der Waals surface area contributed by atoms with Gasteiger partial charge in [0.1, 0.15) is 11.5 Å². The van der Waals surface area contributed by atoms with Gasteiger partial charge in [0.25, 0.3) is 5.91 Å². The molecule has 1 aromatic carbocycles. The number of aromatic amines is 1. The molecule has 3 aromatic heterocycles. The molecular formula is C23H22FN5O. The van der Waals surface area contributed by atoms with Gasteiger partial charge in [0.2, 0.25) is 0 Å². The van der Waals surface area contributed by atoms with Gasteiger partial charge in [-0.1, -0.05) is 0 Å². The Bertz CT molecular complexity index is 1180. The average Bonchev–Trinajstić information content (AvgIpc) is 3.49. The SMILES string of the molecule is CC1CC(Cn2ccc3cc(-c4cn[nH]c4)cnc32)CN1C(=O)c1ccc(F)cc1. The second-order valence-corrected chi connectivity index (χ2v) is 8.01. The molecule has 1 saturated heterocycles. The number of pyridine rings is 1. The Kier molecular flexibility index (Phi) is 4.58. The minimum Gasteiger partial charge on any atom is -0.336 e. The van der Waals surface area contributed by atoms with Crippen molar-refractivity contribution in [3.63, 3.8) is 0 Å². The molecule has 0 radical (unpaired) electrons. The van der Waals surface area contributed by atoms with Crippen molar-refractivity contribution in [2.75, 3.05) is 6.54 Å². The van der Waals surface area contributed by atoms with Crippen molar-refractivity contribution < 1.29 is 9.18 Å². The van der Waals surface area contributed by atoms with Gasteiger partial charge in [-0.25, -0.2) is 9.37 Å². The highest BCUT2D eigenvalue weighted by Crippen LogP contribution is 2.28. The van der Waals surface area contributed by atoms with Crippen LogP contribution in [0.25, 0.3) is 22.2 Å². The van der Waals surface area contributed by atoms with Crippen LogP contribution >= 0.6 is 0 Å². The van der Waals surface area contributed by atoms with Crippen molar-refractivity contribution in [3.05, 3.63) is 72.6 Å². The minimum absolute atomic E-state index is 0.0368. The quantitative estimate of drug-likeness (QED) is 0.557. The standard InChI is InChI=1S/C23H22FN5O/c1-15-8-16(14-29(15)23(30)17-2-4-21(24)5-3-17)13-28-7-6-18-9-19(10-25-22(18)28)20-11-26-27-12-20/h2-7,9-12,15-16H,8,13-14H2,1H3,(H,26,27). The number of carbonyl (C=O) groups excluding carboxylic acids is 1. The summed E-state index contributed by atoms with van der Waals surface area (Å²) in [5.74, 6) is -0.0256. The van der Waals surface area contributed by atoms with Gasteiger partial charge in [-0.2, -0.15) is 5.10 Å². The van der Waals surface area contributed by atoms with Gasteiger partial charge >= 0.3 is 0 Å². The molecule has 5 rings (SSSR count). The van der Waals surface area contributed by atoms with Gasteiger partial charge in [0, 0.05) is 59.8 Å². The topological polar surface area (TPSA) is 66.8 Å². The zero-order valence-electron chi connectivity index (χ0n) is 16.6. The van der Waals surface area contributed by atoms with E-state index in [-0.39, 0.29) is 17.8 Å². The van der Waals surface area contributed by atoms with Gasteiger partial charge in [-0.15, -0.1) is 0 Å². The second-order valence-electron chi connectivity index (χ2n) is 8.01. The molecule has 0 bridgehead atoms. The van der Waals surface area contributed by atoms with Gasteiger partial charge in [-0.05, 0) is 55.7 Å². The smallest absolute Gasteiger partial charge is 0.254 e. The molecule has 152 valence electrons. The molecule has 30 heavy (non-hydrogen) atoms. The number of benzene rings is 1. The first-order chi connectivity index (χ1) is 14.6. The van der Waals surface area contributed by atoms with E-state index < -0.39 is 0 Å². The number of fused-ring (bicyclic) bond motifs is 1. The van der Waals surface area contributed by atoms with E-state index in [0.29, 0.717) is 18.0 Å². The molecule has 7 heteroatoms. The molecule has 1 aliphatic heterocycles. The van der Waals surface area contributed by atoms with Crippen molar-refractivity contribution in [3.8, 4) is 11.1 Å². The number of nitrogens with one attached hydrogen (secondary N) is 1. The Morgan fingerprint density at radius 3 is 2.80 bits per heavy atom. The Hall–Kier alpha value is -3.48. The number of hydrogen-bond acceptors (Lipinski definition) is 3. The number of rotatable bonds is 4. The molecule has 1 N–H and O–H groups in total. The fourth-order valence-corrected chi connectivity index (χ4v) is 4.39. The highest BCUT2D eigenvalue weighted by Gasteiger charge is 2.33. The average molecular weight is 403 g/mol. The van der Waals surface area contributed by atoms with E-state index in [2.05, 4.69) is 45.0 Å². The monoisotopic (exact) mass is 403 g/mol. The summed E-state index contributed by atoms with van der Waals surface area (Å²) in [5.41, 5.74) is 3.51. The molecule has 1 fully saturated rings. The summed E-state index contributed by atoms with van der Waals surface area (Å²) in [7, 11) is 0. The van der Waals surface area contributed by atoms with E-state index in [9.17, 15) is 9.18 Å². The molecule has 0 aliphatic carbocycles. The van der Waals surface area contributed by atoms with Crippen molar-refractivity contribution in [1.82, 2.24) is 24.6 Å². The number of likely N-dealkylation sites (tertiary alicyclic amines) is 1. The lowest BCUT2D eigenvalue weighted by Crippen LogP contribution is -2.34. The number of carbonyl (C=O) groups is 1. The number of amides is 1. The van der Waals surface area contributed by atoms with Crippen LogP contribution in [0.4, 0.5) is 4.39 Å². The lowest BCUT2D eigenvalue weighted by atomic mass is 10.1. The minimum atomic E-state index is -0.332. The van der Waals surface area contributed by atoms with E-state index in [0.717, 1.165) is 35.1 Å². The van der Waals surface area contributed by atoms with Crippen molar-refractivity contribution in [1.29, 1.82) is 0 Å². The number of aromatic nitrogens is 4. The zero-order chi connectivity index (χ0) is 20.7. The maximum atomic E-state index is 13.2. The van der Waals surface area contributed by atoms with Crippen molar-refractivity contribution in [2.24, 2.45) is 5.92 Å².